The molecule has 0 aromatic heterocycles. The van der Waals surface area contributed by atoms with Crippen molar-refractivity contribution in [2.24, 2.45) is 4.99 Å². The number of anilines is 3. The van der Waals surface area contributed by atoms with Gasteiger partial charge in [0.2, 0.25) is 0 Å². The molecule has 5 aromatic carbocycles. The second-order valence-corrected chi connectivity index (χ2v) is 9.21. The highest BCUT2D eigenvalue weighted by Crippen LogP contribution is 2.32. The summed E-state index contributed by atoms with van der Waals surface area (Å²) in [4.78, 5) is 20.5. The van der Waals surface area contributed by atoms with E-state index in [2.05, 4.69) is 21.2 Å². The smallest absolute Gasteiger partial charge is 0.305 e. The molecule has 4 nitrogen and oxygen atoms in total. The van der Waals surface area contributed by atoms with Gasteiger partial charge in [0.15, 0.2) is 0 Å². The molecule has 0 bridgehead atoms. The molecule has 2 amide bonds. The number of nitrogens with one attached hydrogen (secondary N) is 1. The minimum absolute atomic E-state index is 0.284. The largest absolute Gasteiger partial charge is 0.331 e. The van der Waals surface area contributed by atoms with Gasteiger partial charge >= 0.3 is 6.03 Å². The van der Waals surface area contributed by atoms with Crippen molar-refractivity contribution in [3.8, 4) is 0 Å². The standard InChI is InChI=1S/C32H24BrN3O/c33-26-21-22-29(34-31(24-13-5-1-6-14-24)25-15-7-2-8-16-25)30(23-26)35-32(37)36(27-17-9-3-10-18-27)28-19-11-4-12-20-28/h1-23H,(H,35,37). The van der Waals surface area contributed by atoms with Crippen LogP contribution in [0.15, 0.2) is 149 Å². The molecule has 0 aliphatic rings. The highest BCUT2D eigenvalue weighted by Gasteiger charge is 2.19. The molecule has 0 fully saturated rings. The van der Waals surface area contributed by atoms with Crippen molar-refractivity contribution >= 4 is 50.4 Å². The minimum atomic E-state index is -0.284. The lowest BCUT2D eigenvalue weighted by Gasteiger charge is -2.24. The van der Waals surface area contributed by atoms with Gasteiger partial charge in [-0.25, -0.2) is 9.79 Å². The number of benzene rings is 5. The molecule has 0 aliphatic heterocycles. The average molecular weight is 546 g/mol. The van der Waals surface area contributed by atoms with E-state index in [1.165, 1.54) is 0 Å². The average Bonchev–Trinajstić information content (AvgIpc) is 2.95. The Morgan fingerprint density at radius 3 is 1.57 bits per heavy atom. The molecule has 5 aromatic rings. The fourth-order valence-corrected chi connectivity index (χ4v) is 4.38. The van der Waals surface area contributed by atoms with E-state index in [-0.39, 0.29) is 6.03 Å². The lowest BCUT2D eigenvalue weighted by molar-refractivity contribution is 0.259. The lowest BCUT2D eigenvalue weighted by atomic mass is 10.0. The molecule has 0 heterocycles. The van der Waals surface area contributed by atoms with E-state index in [1.807, 2.05) is 140 Å². The zero-order chi connectivity index (χ0) is 25.5. The van der Waals surface area contributed by atoms with Crippen molar-refractivity contribution in [2.45, 2.75) is 0 Å². The predicted octanol–water partition coefficient (Wildman–Crippen LogP) is 8.99. The van der Waals surface area contributed by atoms with E-state index < -0.39 is 0 Å². The summed E-state index contributed by atoms with van der Waals surface area (Å²) in [6.07, 6.45) is 0. The maximum absolute atomic E-state index is 13.8. The monoisotopic (exact) mass is 545 g/mol. The third-order valence-corrected chi connectivity index (χ3v) is 6.25. The first kappa shape index (κ1) is 24.2. The fraction of sp³-hybridized carbons (Fsp3) is 0. The Morgan fingerprint density at radius 2 is 1.08 bits per heavy atom. The van der Waals surface area contributed by atoms with Crippen LogP contribution in [-0.2, 0) is 0 Å². The van der Waals surface area contributed by atoms with Crippen LogP contribution in [0.5, 0.6) is 0 Å². The van der Waals surface area contributed by atoms with Crippen LogP contribution < -0.4 is 10.2 Å². The third kappa shape index (κ3) is 5.85. The Labute approximate surface area is 225 Å². The Balaban J connectivity index is 1.57. The molecule has 5 rings (SSSR count). The van der Waals surface area contributed by atoms with E-state index in [0.717, 1.165) is 32.7 Å². The fourth-order valence-electron chi connectivity index (χ4n) is 4.02. The Hall–Kier alpha value is -4.48. The maximum Gasteiger partial charge on any atom is 0.331 e. The van der Waals surface area contributed by atoms with Gasteiger partial charge in [0.1, 0.15) is 0 Å². The van der Waals surface area contributed by atoms with E-state index in [0.29, 0.717) is 11.4 Å². The summed E-state index contributed by atoms with van der Waals surface area (Å²) in [7, 11) is 0. The number of nitrogens with zero attached hydrogens (tertiary/aromatic N) is 2. The molecule has 0 saturated carbocycles. The van der Waals surface area contributed by atoms with Gasteiger partial charge in [0, 0.05) is 15.6 Å². The maximum atomic E-state index is 13.8. The van der Waals surface area contributed by atoms with Gasteiger partial charge in [-0.3, -0.25) is 4.90 Å². The Morgan fingerprint density at radius 1 is 0.622 bits per heavy atom. The number of para-hydroxylation sites is 2. The molecule has 37 heavy (non-hydrogen) atoms. The normalized spacial score (nSPS) is 10.4. The van der Waals surface area contributed by atoms with Crippen LogP contribution >= 0.6 is 15.9 Å². The van der Waals surface area contributed by atoms with Crippen molar-refractivity contribution in [1.82, 2.24) is 0 Å². The number of hydrogen-bond donors (Lipinski definition) is 1. The predicted molar refractivity (Wildman–Crippen MR) is 156 cm³/mol. The van der Waals surface area contributed by atoms with Crippen molar-refractivity contribution in [3.63, 3.8) is 0 Å². The number of carbonyl (C=O) groups is 1. The van der Waals surface area contributed by atoms with Crippen LogP contribution in [0.1, 0.15) is 11.1 Å². The second kappa shape index (κ2) is 11.5. The number of halogens is 1. The molecular formula is C32H24BrN3O. The van der Waals surface area contributed by atoms with Crippen molar-refractivity contribution < 1.29 is 4.79 Å². The molecule has 0 unspecified atom stereocenters. The van der Waals surface area contributed by atoms with Crippen LogP contribution in [-0.4, -0.2) is 11.7 Å². The number of aliphatic imine (C=N–C) groups is 1. The summed E-state index contributed by atoms with van der Waals surface area (Å²) in [6, 6.07) is 44.7. The molecule has 0 spiro atoms. The van der Waals surface area contributed by atoms with Crippen LogP contribution in [0.3, 0.4) is 0 Å². The summed E-state index contributed by atoms with van der Waals surface area (Å²) in [5, 5.41) is 3.11. The molecule has 0 atom stereocenters. The highest BCUT2D eigenvalue weighted by atomic mass is 79.9. The van der Waals surface area contributed by atoms with Gasteiger partial charge in [-0.15, -0.1) is 0 Å². The summed E-state index contributed by atoms with van der Waals surface area (Å²) in [5.74, 6) is 0. The molecule has 1 N–H and O–H groups in total. The minimum Gasteiger partial charge on any atom is -0.305 e. The topological polar surface area (TPSA) is 44.7 Å². The SMILES string of the molecule is O=C(Nc1cc(Br)ccc1N=C(c1ccccc1)c1ccccc1)N(c1ccccc1)c1ccccc1. The molecule has 0 radical (unpaired) electrons. The van der Waals surface area contributed by atoms with Gasteiger partial charge in [-0.1, -0.05) is 113 Å². The summed E-state index contributed by atoms with van der Waals surface area (Å²) in [5.41, 5.74) is 5.58. The highest BCUT2D eigenvalue weighted by molar-refractivity contribution is 9.10. The van der Waals surface area contributed by atoms with Crippen molar-refractivity contribution in [2.75, 3.05) is 10.2 Å². The van der Waals surface area contributed by atoms with Crippen LogP contribution in [0.4, 0.5) is 27.5 Å². The Kier molecular flexibility index (Phi) is 7.53. The summed E-state index contributed by atoms with van der Waals surface area (Å²) >= 11 is 3.56. The van der Waals surface area contributed by atoms with E-state index in [4.69, 9.17) is 4.99 Å². The van der Waals surface area contributed by atoms with E-state index in [1.54, 1.807) is 4.90 Å². The summed E-state index contributed by atoms with van der Waals surface area (Å²) < 4.78 is 0.841. The first-order valence-corrected chi connectivity index (χ1v) is 12.7. The number of amides is 2. The van der Waals surface area contributed by atoms with Crippen molar-refractivity contribution in [3.05, 3.63) is 155 Å². The Bertz CT molecular complexity index is 1420. The van der Waals surface area contributed by atoms with Crippen LogP contribution in [0, 0.1) is 0 Å². The number of hydrogen-bond acceptors (Lipinski definition) is 2. The van der Waals surface area contributed by atoms with Crippen molar-refractivity contribution in [1.29, 1.82) is 0 Å². The number of rotatable bonds is 6. The lowest BCUT2D eigenvalue weighted by Crippen LogP contribution is -2.30. The van der Waals surface area contributed by atoms with Gasteiger partial charge in [0.25, 0.3) is 0 Å². The molecule has 0 aliphatic carbocycles. The molecule has 5 heteroatoms. The van der Waals surface area contributed by atoms with E-state index in [9.17, 15) is 4.79 Å². The van der Waals surface area contributed by atoms with Gasteiger partial charge < -0.3 is 5.32 Å². The molecular weight excluding hydrogens is 522 g/mol. The van der Waals surface area contributed by atoms with Gasteiger partial charge in [-0.05, 0) is 42.5 Å². The van der Waals surface area contributed by atoms with Gasteiger partial charge in [-0.2, -0.15) is 0 Å². The van der Waals surface area contributed by atoms with E-state index >= 15 is 0 Å². The molecule has 0 saturated heterocycles. The first-order valence-electron chi connectivity index (χ1n) is 11.9. The third-order valence-electron chi connectivity index (χ3n) is 5.76. The zero-order valence-electron chi connectivity index (χ0n) is 20.0. The first-order chi connectivity index (χ1) is 18.2. The quantitative estimate of drug-likeness (QED) is 0.212. The van der Waals surface area contributed by atoms with Crippen LogP contribution in [0.25, 0.3) is 0 Å². The second-order valence-electron chi connectivity index (χ2n) is 8.29. The van der Waals surface area contributed by atoms with Gasteiger partial charge in [0.05, 0.1) is 28.5 Å². The summed E-state index contributed by atoms with van der Waals surface area (Å²) in [6.45, 7) is 0. The number of carbonyl (C=O) groups excluding carboxylic acids is 1. The molecule has 180 valence electrons. The zero-order valence-corrected chi connectivity index (χ0v) is 21.5. The number of urea groups is 1. The van der Waals surface area contributed by atoms with Crippen LogP contribution in [0.2, 0.25) is 0 Å².